The average Bonchev–Trinajstić information content (AvgIpc) is 3.16. The molecule has 54 heavy (non-hydrogen) atoms. The first kappa shape index (κ1) is 52.4. The fourth-order valence-corrected chi connectivity index (χ4v) is 6.51. The standard InChI is InChI=1S/C44H81O9P/c1-3-5-7-9-11-13-15-17-19-20-21-22-23-24-26-28-30-32-34-36-44(47)53-43(41-52-54(48,49)51-39-42(46)38-45)40-50-37-35-33-31-29-27-25-18-16-14-12-10-8-6-4-2/h6,8,12,14,17-19,25,42-43,45-46H,3-5,7,9-11,13,15-16,20-24,26-41H2,1-2H3,(H,48,49)/b8-6-,14-12-,19-17-,25-18-. The number of aliphatic hydroxyl groups is 2. The zero-order valence-electron chi connectivity index (χ0n) is 34.4. The van der Waals surface area contributed by atoms with Gasteiger partial charge in [-0.2, -0.15) is 0 Å². The minimum atomic E-state index is -4.52. The maximum Gasteiger partial charge on any atom is 0.472 e. The molecule has 0 aromatic heterocycles. The number of carbonyl (C=O) groups is 1. The minimum Gasteiger partial charge on any atom is -0.457 e. The Kier molecular flexibility index (Phi) is 39.9. The lowest BCUT2D eigenvalue weighted by Crippen LogP contribution is -2.29. The molecule has 0 heterocycles. The van der Waals surface area contributed by atoms with Crippen molar-refractivity contribution in [1.82, 2.24) is 0 Å². The molecule has 0 aliphatic carbocycles. The molecule has 3 unspecified atom stereocenters. The summed E-state index contributed by atoms with van der Waals surface area (Å²) in [5, 5.41) is 18.3. The molecule has 0 radical (unpaired) electrons. The van der Waals surface area contributed by atoms with Crippen LogP contribution >= 0.6 is 7.82 Å². The number of allylic oxidation sites excluding steroid dienone is 8. The van der Waals surface area contributed by atoms with Gasteiger partial charge in [-0.25, -0.2) is 4.57 Å². The number of phosphoric acid groups is 1. The summed E-state index contributed by atoms with van der Waals surface area (Å²) in [4.78, 5) is 22.6. The molecule has 0 spiro atoms. The van der Waals surface area contributed by atoms with Crippen molar-refractivity contribution in [1.29, 1.82) is 0 Å². The Morgan fingerprint density at radius 2 is 1.06 bits per heavy atom. The highest BCUT2D eigenvalue weighted by Gasteiger charge is 2.26. The molecular weight excluding hydrogens is 703 g/mol. The number of ether oxygens (including phenoxy) is 2. The number of aliphatic hydroxyl groups excluding tert-OH is 2. The van der Waals surface area contributed by atoms with Crippen molar-refractivity contribution < 1.29 is 43.0 Å². The highest BCUT2D eigenvalue weighted by atomic mass is 31.2. The van der Waals surface area contributed by atoms with E-state index in [9.17, 15) is 19.4 Å². The molecule has 0 fully saturated rings. The Hall–Kier alpha value is -1.58. The summed E-state index contributed by atoms with van der Waals surface area (Å²) in [5.41, 5.74) is 0. The maximum absolute atomic E-state index is 12.6. The predicted octanol–water partition coefficient (Wildman–Crippen LogP) is 11.8. The Bertz CT molecular complexity index is 981. The van der Waals surface area contributed by atoms with Crippen LogP contribution in [0.3, 0.4) is 0 Å². The average molecular weight is 785 g/mol. The summed E-state index contributed by atoms with van der Waals surface area (Å²) in [6.07, 6.45) is 45.0. The monoisotopic (exact) mass is 785 g/mol. The molecule has 0 aliphatic heterocycles. The third kappa shape index (κ3) is 40.1. The first-order valence-electron chi connectivity index (χ1n) is 21.6. The number of hydrogen-bond donors (Lipinski definition) is 3. The smallest absolute Gasteiger partial charge is 0.457 e. The first-order chi connectivity index (χ1) is 26.3. The van der Waals surface area contributed by atoms with E-state index in [2.05, 4.69) is 62.5 Å². The van der Waals surface area contributed by atoms with Gasteiger partial charge in [0.15, 0.2) is 0 Å². The van der Waals surface area contributed by atoms with Crippen molar-refractivity contribution in [3.63, 3.8) is 0 Å². The van der Waals surface area contributed by atoms with E-state index in [1.54, 1.807) is 0 Å². The van der Waals surface area contributed by atoms with E-state index in [0.29, 0.717) is 6.61 Å². The zero-order chi connectivity index (χ0) is 39.6. The second-order valence-corrected chi connectivity index (χ2v) is 15.8. The van der Waals surface area contributed by atoms with Crippen molar-refractivity contribution in [2.24, 2.45) is 0 Å². The van der Waals surface area contributed by atoms with Crippen LogP contribution in [0.25, 0.3) is 0 Å². The Labute approximate surface area is 330 Å². The van der Waals surface area contributed by atoms with Gasteiger partial charge in [0.25, 0.3) is 0 Å². The van der Waals surface area contributed by atoms with Crippen LogP contribution in [0.2, 0.25) is 0 Å². The van der Waals surface area contributed by atoms with Crippen molar-refractivity contribution >= 4 is 13.8 Å². The van der Waals surface area contributed by atoms with Crippen LogP contribution in [-0.2, 0) is 27.9 Å². The van der Waals surface area contributed by atoms with Crippen LogP contribution in [-0.4, -0.2) is 66.3 Å². The zero-order valence-corrected chi connectivity index (χ0v) is 35.3. The summed E-state index contributed by atoms with van der Waals surface area (Å²) in [7, 11) is -4.52. The molecule has 0 aromatic rings. The summed E-state index contributed by atoms with van der Waals surface area (Å²) in [6.45, 7) is 3.35. The number of carbonyl (C=O) groups excluding carboxylic acids is 1. The molecule has 9 nitrogen and oxygen atoms in total. The van der Waals surface area contributed by atoms with Gasteiger partial charge < -0.3 is 24.6 Å². The number of hydrogen-bond acceptors (Lipinski definition) is 8. The van der Waals surface area contributed by atoms with Gasteiger partial charge in [-0.3, -0.25) is 13.8 Å². The number of phosphoric ester groups is 1. The number of unbranched alkanes of at least 4 members (excludes halogenated alkanes) is 19. The first-order valence-corrected chi connectivity index (χ1v) is 23.1. The molecule has 316 valence electrons. The van der Waals surface area contributed by atoms with Crippen molar-refractivity contribution in [2.45, 2.75) is 193 Å². The molecule has 0 saturated carbocycles. The Morgan fingerprint density at radius 3 is 1.61 bits per heavy atom. The third-order valence-electron chi connectivity index (χ3n) is 9.00. The lowest BCUT2D eigenvalue weighted by atomic mass is 10.1. The van der Waals surface area contributed by atoms with Crippen LogP contribution in [0.15, 0.2) is 48.6 Å². The fraction of sp³-hybridized carbons (Fsp3) is 0.795. The topological polar surface area (TPSA) is 132 Å². The highest BCUT2D eigenvalue weighted by molar-refractivity contribution is 7.47. The van der Waals surface area contributed by atoms with Crippen LogP contribution in [0.5, 0.6) is 0 Å². The largest absolute Gasteiger partial charge is 0.472 e. The van der Waals surface area contributed by atoms with Crippen molar-refractivity contribution in [2.75, 3.05) is 33.0 Å². The van der Waals surface area contributed by atoms with Crippen molar-refractivity contribution in [3.8, 4) is 0 Å². The SMILES string of the molecule is CC/C=C\C/C=C\C/C=C\CCCCCCOCC(COP(=O)(O)OCC(O)CO)OC(=O)CCCCCCCCCCC/C=C\CCCCCCCC. The van der Waals surface area contributed by atoms with E-state index in [1.807, 2.05) is 0 Å². The van der Waals surface area contributed by atoms with Crippen LogP contribution in [0, 0.1) is 0 Å². The van der Waals surface area contributed by atoms with Gasteiger partial charge in [0, 0.05) is 13.0 Å². The lowest BCUT2D eigenvalue weighted by Gasteiger charge is -2.20. The lowest BCUT2D eigenvalue weighted by molar-refractivity contribution is -0.154. The van der Waals surface area contributed by atoms with Gasteiger partial charge in [-0.1, -0.05) is 152 Å². The number of rotatable bonds is 41. The van der Waals surface area contributed by atoms with Crippen molar-refractivity contribution in [3.05, 3.63) is 48.6 Å². The normalized spacial score (nSPS) is 14.5. The summed E-state index contributed by atoms with van der Waals surface area (Å²) < 4.78 is 33.3. The molecular formula is C44H81O9P. The molecule has 3 N–H and O–H groups in total. The van der Waals surface area contributed by atoms with E-state index in [4.69, 9.17) is 23.6 Å². The highest BCUT2D eigenvalue weighted by Crippen LogP contribution is 2.43. The number of esters is 1. The summed E-state index contributed by atoms with van der Waals surface area (Å²) in [6, 6.07) is 0. The van der Waals surface area contributed by atoms with E-state index in [0.717, 1.165) is 70.6 Å². The molecule has 0 aromatic carbocycles. The van der Waals surface area contributed by atoms with Gasteiger partial charge >= 0.3 is 13.8 Å². The Balaban J connectivity index is 4.18. The van der Waals surface area contributed by atoms with E-state index >= 15 is 0 Å². The molecule has 3 atom stereocenters. The Morgan fingerprint density at radius 1 is 0.593 bits per heavy atom. The molecule has 0 amide bonds. The van der Waals surface area contributed by atoms with Gasteiger partial charge in [0.05, 0.1) is 26.4 Å². The molecule has 10 heteroatoms. The fourth-order valence-electron chi connectivity index (χ4n) is 5.72. The molecule has 0 aliphatic rings. The van der Waals surface area contributed by atoms with Gasteiger partial charge in [0.1, 0.15) is 12.2 Å². The van der Waals surface area contributed by atoms with Crippen LogP contribution in [0.4, 0.5) is 0 Å². The van der Waals surface area contributed by atoms with Gasteiger partial charge in [-0.15, -0.1) is 0 Å². The summed E-state index contributed by atoms with van der Waals surface area (Å²) >= 11 is 0. The molecule has 0 bridgehead atoms. The van der Waals surface area contributed by atoms with Crippen LogP contribution in [0.1, 0.15) is 181 Å². The maximum atomic E-state index is 12.6. The molecule has 0 rings (SSSR count). The third-order valence-corrected chi connectivity index (χ3v) is 9.95. The van der Waals surface area contributed by atoms with Gasteiger partial charge in [-0.05, 0) is 70.6 Å². The van der Waals surface area contributed by atoms with Gasteiger partial charge in [0.2, 0.25) is 0 Å². The van der Waals surface area contributed by atoms with E-state index in [1.165, 1.54) is 89.9 Å². The van der Waals surface area contributed by atoms with Crippen LogP contribution < -0.4 is 0 Å². The summed E-state index contributed by atoms with van der Waals surface area (Å²) in [5.74, 6) is -0.394. The minimum absolute atomic E-state index is 0.0327. The predicted molar refractivity (Wildman–Crippen MR) is 223 cm³/mol. The second-order valence-electron chi connectivity index (χ2n) is 14.3. The van der Waals surface area contributed by atoms with E-state index < -0.39 is 39.2 Å². The second kappa shape index (κ2) is 41.1. The quantitative estimate of drug-likeness (QED) is 0.0240. The van der Waals surface area contributed by atoms with E-state index in [-0.39, 0.29) is 19.6 Å². The molecule has 0 saturated heterocycles.